The third kappa shape index (κ3) is 4.43. The number of carbonyl (C=O) groups excluding carboxylic acids is 1. The van der Waals surface area contributed by atoms with Crippen LogP contribution >= 0.6 is 0 Å². The summed E-state index contributed by atoms with van der Waals surface area (Å²) in [6.45, 7) is 13.1. The fourth-order valence-electron chi connectivity index (χ4n) is 2.11. The molecule has 1 aromatic heterocycles. The van der Waals surface area contributed by atoms with Gasteiger partial charge < -0.3 is 10.3 Å². The van der Waals surface area contributed by atoms with Crippen molar-refractivity contribution in [2.45, 2.75) is 59.4 Å². The van der Waals surface area contributed by atoms with Crippen LogP contribution in [0.15, 0.2) is 12.1 Å². The van der Waals surface area contributed by atoms with Gasteiger partial charge in [0.1, 0.15) is 5.82 Å². The lowest BCUT2D eigenvalue weighted by Gasteiger charge is -2.27. The maximum Gasteiger partial charge on any atom is 0.254 e. The van der Waals surface area contributed by atoms with Gasteiger partial charge in [-0.15, -0.1) is 0 Å². The molecule has 1 amide bonds. The molecular formula is C16H28N4O. The summed E-state index contributed by atoms with van der Waals surface area (Å²) in [7, 11) is 0. The lowest BCUT2D eigenvalue weighted by molar-refractivity contribution is 0.0705. The molecule has 0 saturated heterocycles. The number of nitrogens with one attached hydrogen (secondary N) is 1. The van der Waals surface area contributed by atoms with E-state index < -0.39 is 0 Å². The number of amides is 1. The van der Waals surface area contributed by atoms with Gasteiger partial charge in [-0.1, -0.05) is 27.7 Å². The van der Waals surface area contributed by atoms with Crippen molar-refractivity contribution in [3.05, 3.63) is 23.4 Å². The first-order valence-corrected chi connectivity index (χ1v) is 7.50. The molecule has 0 spiro atoms. The number of rotatable bonds is 5. The molecule has 0 aliphatic heterocycles. The van der Waals surface area contributed by atoms with Crippen LogP contribution < -0.4 is 11.3 Å². The number of pyridine rings is 1. The molecule has 5 heteroatoms. The Labute approximate surface area is 127 Å². The van der Waals surface area contributed by atoms with E-state index in [0.29, 0.717) is 11.4 Å². The first-order valence-electron chi connectivity index (χ1n) is 7.50. The van der Waals surface area contributed by atoms with Crippen LogP contribution in [0.4, 0.5) is 5.82 Å². The summed E-state index contributed by atoms with van der Waals surface area (Å²) in [5, 5.41) is 0. The second-order valence-corrected chi connectivity index (χ2v) is 6.61. The first kappa shape index (κ1) is 17.4. The van der Waals surface area contributed by atoms with Crippen LogP contribution in [0.3, 0.4) is 0 Å². The molecule has 0 aliphatic carbocycles. The molecule has 0 bridgehead atoms. The van der Waals surface area contributed by atoms with E-state index in [1.807, 2.05) is 24.8 Å². The summed E-state index contributed by atoms with van der Waals surface area (Å²) in [4.78, 5) is 19.1. The van der Waals surface area contributed by atoms with E-state index in [0.717, 1.165) is 18.7 Å². The van der Waals surface area contributed by atoms with Crippen LogP contribution in [0.2, 0.25) is 0 Å². The van der Waals surface area contributed by atoms with Crippen LogP contribution in [-0.2, 0) is 5.41 Å². The first-order chi connectivity index (χ1) is 9.70. The van der Waals surface area contributed by atoms with Crippen molar-refractivity contribution >= 4 is 11.7 Å². The number of anilines is 1. The van der Waals surface area contributed by atoms with E-state index in [1.165, 1.54) is 0 Å². The largest absolute Gasteiger partial charge is 0.336 e. The van der Waals surface area contributed by atoms with Gasteiger partial charge in [0, 0.05) is 29.3 Å². The lowest BCUT2D eigenvalue weighted by Crippen LogP contribution is -2.37. The summed E-state index contributed by atoms with van der Waals surface area (Å²) in [5.74, 6) is 6.03. The van der Waals surface area contributed by atoms with Crippen LogP contribution in [0.25, 0.3) is 0 Å². The van der Waals surface area contributed by atoms with Crippen molar-refractivity contribution in [3.63, 3.8) is 0 Å². The van der Waals surface area contributed by atoms with Crippen molar-refractivity contribution in [3.8, 4) is 0 Å². The zero-order valence-corrected chi connectivity index (χ0v) is 14.0. The fourth-order valence-corrected chi connectivity index (χ4v) is 2.11. The maximum atomic E-state index is 12.8. The van der Waals surface area contributed by atoms with Crippen molar-refractivity contribution in [1.82, 2.24) is 9.88 Å². The molecule has 118 valence electrons. The summed E-state index contributed by atoms with van der Waals surface area (Å²) in [5.41, 5.74) is 3.89. The molecule has 21 heavy (non-hydrogen) atoms. The molecule has 0 radical (unpaired) electrons. The summed E-state index contributed by atoms with van der Waals surface area (Å²) < 4.78 is 0. The highest BCUT2D eigenvalue weighted by molar-refractivity contribution is 5.95. The zero-order valence-electron chi connectivity index (χ0n) is 14.0. The van der Waals surface area contributed by atoms with E-state index in [1.54, 1.807) is 6.07 Å². The standard InChI is InChI=1S/C16H28N4O/c1-7-8-20(11(2)3)15(21)12-9-13(16(4,5)6)18-14(10-12)19-17/h9-11H,7-8,17H2,1-6H3,(H,18,19). The quantitative estimate of drug-likeness (QED) is 0.646. The van der Waals surface area contributed by atoms with Gasteiger partial charge in [-0.3, -0.25) is 4.79 Å². The monoisotopic (exact) mass is 292 g/mol. The van der Waals surface area contributed by atoms with Gasteiger partial charge in [0.05, 0.1) is 0 Å². The third-order valence-electron chi connectivity index (χ3n) is 3.34. The van der Waals surface area contributed by atoms with Gasteiger partial charge in [-0.05, 0) is 32.4 Å². The molecule has 1 aromatic rings. The van der Waals surface area contributed by atoms with E-state index in [-0.39, 0.29) is 17.4 Å². The van der Waals surface area contributed by atoms with Gasteiger partial charge in [0.25, 0.3) is 5.91 Å². The highest BCUT2D eigenvalue weighted by atomic mass is 16.2. The molecule has 1 heterocycles. The Morgan fingerprint density at radius 1 is 1.38 bits per heavy atom. The molecular weight excluding hydrogens is 264 g/mol. The predicted octanol–water partition coefficient (Wildman–Crippen LogP) is 2.93. The Balaban J connectivity index is 3.25. The average Bonchev–Trinajstić information content (AvgIpc) is 2.42. The van der Waals surface area contributed by atoms with Gasteiger partial charge in [0.15, 0.2) is 0 Å². The van der Waals surface area contributed by atoms with Crippen molar-refractivity contribution < 1.29 is 4.79 Å². The zero-order chi connectivity index (χ0) is 16.2. The van der Waals surface area contributed by atoms with Crippen molar-refractivity contribution in [2.24, 2.45) is 5.84 Å². The Bertz CT molecular complexity index is 492. The highest BCUT2D eigenvalue weighted by Gasteiger charge is 2.22. The fraction of sp³-hybridized carbons (Fsp3) is 0.625. The van der Waals surface area contributed by atoms with E-state index in [9.17, 15) is 4.79 Å². The Morgan fingerprint density at radius 2 is 2.00 bits per heavy atom. The minimum Gasteiger partial charge on any atom is -0.336 e. The molecule has 0 saturated carbocycles. The molecule has 0 aliphatic rings. The van der Waals surface area contributed by atoms with Crippen LogP contribution in [0.5, 0.6) is 0 Å². The number of nitrogens with two attached hydrogens (primary N) is 1. The lowest BCUT2D eigenvalue weighted by atomic mass is 9.90. The Morgan fingerprint density at radius 3 is 2.43 bits per heavy atom. The third-order valence-corrected chi connectivity index (χ3v) is 3.34. The number of carbonyl (C=O) groups is 1. The summed E-state index contributed by atoms with van der Waals surface area (Å²) >= 11 is 0. The second kappa shape index (κ2) is 6.89. The SMILES string of the molecule is CCCN(C(=O)c1cc(NN)nc(C(C)(C)C)c1)C(C)C. The van der Waals surface area contributed by atoms with Crippen molar-refractivity contribution in [1.29, 1.82) is 0 Å². The maximum absolute atomic E-state index is 12.8. The highest BCUT2D eigenvalue weighted by Crippen LogP contribution is 2.24. The van der Waals surface area contributed by atoms with Gasteiger partial charge in [0.2, 0.25) is 0 Å². The minimum absolute atomic E-state index is 0.0243. The number of hydrazine groups is 1. The molecule has 5 nitrogen and oxygen atoms in total. The Hall–Kier alpha value is -1.62. The molecule has 0 atom stereocenters. The Kier molecular flexibility index (Phi) is 5.72. The van der Waals surface area contributed by atoms with Gasteiger partial charge in [-0.2, -0.15) is 0 Å². The van der Waals surface area contributed by atoms with Gasteiger partial charge in [-0.25, -0.2) is 10.8 Å². The predicted molar refractivity (Wildman–Crippen MR) is 87.2 cm³/mol. The van der Waals surface area contributed by atoms with E-state index in [2.05, 4.69) is 38.1 Å². The topological polar surface area (TPSA) is 71.2 Å². The molecule has 3 N–H and O–H groups in total. The second-order valence-electron chi connectivity index (χ2n) is 6.61. The summed E-state index contributed by atoms with van der Waals surface area (Å²) in [6, 6.07) is 3.74. The minimum atomic E-state index is -0.144. The number of hydrogen-bond acceptors (Lipinski definition) is 4. The number of hydrogen-bond donors (Lipinski definition) is 2. The normalized spacial score (nSPS) is 11.6. The molecule has 0 aromatic carbocycles. The average molecular weight is 292 g/mol. The number of nitrogens with zero attached hydrogens (tertiary/aromatic N) is 2. The van der Waals surface area contributed by atoms with Crippen molar-refractivity contribution in [2.75, 3.05) is 12.0 Å². The molecule has 0 fully saturated rings. The van der Waals surface area contributed by atoms with Gasteiger partial charge >= 0.3 is 0 Å². The van der Waals surface area contributed by atoms with Crippen LogP contribution in [0.1, 0.15) is 64.0 Å². The smallest absolute Gasteiger partial charge is 0.254 e. The number of aromatic nitrogens is 1. The molecule has 1 rings (SSSR count). The number of nitrogen functional groups attached to an aromatic ring is 1. The van der Waals surface area contributed by atoms with Crippen LogP contribution in [-0.4, -0.2) is 28.4 Å². The summed E-state index contributed by atoms with van der Waals surface area (Å²) in [6.07, 6.45) is 0.934. The van der Waals surface area contributed by atoms with Crippen LogP contribution in [0, 0.1) is 0 Å². The van der Waals surface area contributed by atoms with E-state index in [4.69, 9.17) is 5.84 Å². The molecule has 0 unspecified atom stereocenters. The van der Waals surface area contributed by atoms with E-state index >= 15 is 0 Å².